The van der Waals surface area contributed by atoms with Crippen LogP contribution in [-0.4, -0.2) is 27.1 Å². The molecule has 0 radical (unpaired) electrons. The predicted octanol–water partition coefficient (Wildman–Crippen LogP) is 3.75. The van der Waals surface area contributed by atoms with Gasteiger partial charge in [-0.2, -0.15) is 0 Å². The van der Waals surface area contributed by atoms with E-state index in [0.717, 1.165) is 23.1 Å². The van der Waals surface area contributed by atoms with Crippen LogP contribution in [0.1, 0.15) is 17.5 Å². The molecule has 2 aromatic rings. The highest BCUT2D eigenvalue weighted by Crippen LogP contribution is 2.21. The first-order valence-electron chi connectivity index (χ1n) is 7.77. The van der Waals surface area contributed by atoms with Gasteiger partial charge in [0.15, 0.2) is 0 Å². The van der Waals surface area contributed by atoms with Crippen LogP contribution in [0.25, 0.3) is 0 Å². The Morgan fingerprint density at radius 3 is 2.36 bits per heavy atom. The van der Waals surface area contributed by atoms with E-state index in [1.165, 1.54) is 4.31 Å². The lowest BCUT2D eigenvalue weighted by Crippen LogP contribution is -2.33. The number of hydrogen-bond acceptors (Lipinski definition) is 3. The molecule has 0 unspecified atom stereocenters. The van der Waals surface area contributed by atoms with E-state index in [4.69, 9.17) is 11.6 Å². The van der Waals surface area contributed by atoms with Gasteiger partial charge >= 0.3 is 0 Å². The number of rotatable bonds is 6. The molecule has 0 bridgehead atoms. The van der Waals surface area contributed by atoms with E-state index >= 15 is 0 Å². The maximum absolute atomic E-state index is 12.2. The van der Waals surface area contributed by atoms with E-state index in [1.807, 2.05) is 32.0 Å². The van der Waals surface area contributed by atoms with E-state index in [2.05, 4.69) is 5.32 Å². The smallest absolute Gasteiger partial charge is 0.232 e. The average molecular weight is 381 g/mol. The van der Waals surface area contributed by atoms with Crippen molar-refractivity contribution >= 4 is 38.9 Å². The Bertz CT molecular complexity index is 864. The molecule has 0 spiro atoms. The first kappa shape index (κ1) is 19.3. The minimum Gasteiger partial charge on any atom is -0.326 e. The van der Waals surface area contributed by atoms with Gasteiger partial charge in [-0.05, 0) is 55.3 Å². The van der Waals surface area contributed by atoms with Crippen molar-refractivity contribution in [3.05, 3.63) is 58.6 Å². The van der Waals surface area contributed by atoms with Crippen molar-refractivity contribution in [1.82, 2.24) is 0 Å². The molecule has 7 heteroatoms. The third-order valence-electron chi connectivity index (χ3n) is 3.72. The number of anilines is 2. The maximum atomic E-state index is 12.2. The van der Waals surface area contributed by atoms with Gasteiger partial charge in [0.1, 0.15) is 0 Å². The molecule has 0 aliphatic rings. The van der Waals surface area contributed by atoms with Crippen LogP contribution in [0.15, 0.2) is 42.5 Å². The van der Waals surface area contributed by atoms with Crippen LogP contribution in [0.4, 0.5) is 11.4 Å². The first-order valence-corrected chi connectivity index (χ1v) is 10.00. The summed E-state index contributed by atoms with van der Waals surface area (Å²) in [5.74, 6) is -0.240. The van der Waals surface area contributed by atoms with Gasteiger partial charge in [0.05, 0.1) is 11.9 Å². The fourth-order valence-electron chi connectivity index (χ4n) is 2.38. The van der Waals surface area contributed by atoms with Gasteiger partial charge < -0.3 is 5.32 Å². The second kappa shape index (κ2) is 7.89. The number of sulfonamides is 1. The fraction of sp³-hybridized carbons (Fsp3) is 0.278. The van der Waals surface area contributed by atoms with Gasteiger partial charge in [0.2, 0.25) is 15.9 Å². The standard InChI is InChI=1S/C18H21ClN2O3S/c1-13-4-5-14(2)17(12-13)20-18(22)10-11-21(25(3,23)24)16-8-6-15(19)7-9-16/h4-9,12H,10-11H2,1-3H3,(H,20,22). The molecule has 1 N–H and O–H groups in total. The summed E-state index contributed by atoms with van der Waals surface area (Å²) < 4.78 is 25.3. The highest BCUT2D eigenvalue weighted by atomic mass is 35.5. The van der Waals surface area contributed by atoms with Gasteiger partial charge in [-0.25, -0.2) is 8.42 Å². The minimum absolute atomic E-state index is 0.0447. The topological polar surface area (TPSA) is 66.5 Å². The molecule has 0 heterocycles. The van der Waals surface area contributed by atoms with Crippen molar-refractivity contribution in [2.24, 2.45) is 0 Å². The number of aryl methyl sites for hydroxylation is 2. The van der Waals surface area contributed by atoms with Crippen LogP contribution in [0, 0.1) is 13.8 Å². The third kappa shape index (κ3) is 5.47. The predicted molar refractivity (Wildman–Crippen MR) is 103 cm³/mol. The Morgan fingerprint density at radius 1 is 1.12 bits per heavy atom. The molecule has 0 saturated carbocycles. The number of nitrogens with one attached hydrogen (secondary N) is 1. The van der Waals surface area contributed by atoms with Crippen LogP contribution in [0.3, 0.4) is 0 Å². The highest BCUT2D eigenvalue weighted by Gasteiger charge is 2.18. The van der Waals surface area contributed by atoms with Gasteiger partial charge in [-0.15, -0.1) is 0 Å². The molecule has 0 aromatic heterocycles. The average Bonchev–Trinajstić information content (AvgIpc) is 2.51. The number of carbonyl (C=O) groups excluding carboxylic acids is 1. The number of halogens is 1. The van der Waals surface area contributed by atoms with Crippen molar-refractivity contribution in [2.45, 2.75) is 20.3 Å². The van der Waals surface area contributed by atoms with Crippen molar-refractivity contribution < 1.29 is 13.2 Å². The van der Waals surface area contributed by atoms with Crippen LogP contribution >= 0.6 is 11.6 Å². The summed E-state index contributed by atoms with van der Waals surface area (Å²) >= 11 is 5.84. The summed E-state index contributed by atoms with van der Waals surface area (Å²) in [5.41, 5.74) is 3.21. The van der Waals surface area contributed by atoms with Crippen LogP contribution in [0.2, 0.25) is 5.02 Å². The molecule has 5 nitrogen and oxygen atoms in total. The zero-order valence-electron chi connectivity index (χ0n) is 14.4. The monoisotopic (exact) mass is 380 g/mol. The van der Waals surface area contributed by atoms with Gasteiger partial charge in [0.25, 0.3) is 0 Å². The summed E-state index contributed by atoms with van der Waals surface area (Å²) in [6, 6.07) is 12.3. The lowest BCUT2D eigenvalue weighted by molar-refractivity contribution is -0.116. The number of amides is 1. The van der Waals surface area contributed by atoms with Crippen LogP contribution in [-0.2, 0) is 14.8 Å². The van der Waals surface area contributed by atoms with Gasteiger partial charge in [-0.3, -0.25) is 9.10 Å². The number of hydrogen-bond donors (Lipinski definition) is 1. The molecule has 2 rings (SSSR count). The minimum atomic E-state index is -3.50. The molecule has 0 aliphatic heterocycles. The zero-order chi connectivity index (χ0) is 18.6. The number of carbonyl (C=O) groups is 1. The number of nitrogens with zero attached hydrogens (tertiary/aromatic N) is 1. The van der Waals surface area contributed by atoms with Crippen molar-refractivity contribution in [2.75, 3.05) is 22.4 Å². The number of benzene rings is 2. The summed E-state index contributed by atoms with van der Waals surface area (Å²) in [6.45, 7) is 3.91. The normalized spacial score (nSPS) is 11.2. The van der Waals surface area contributed by atoms with Gasteiger partial charge in [0, 0.05) is 23.7 Å². The molecular formula is C18H21ClN2O3S. The molecule has 134 valence electrons. The van der Waals surface area contributed by atoms with Crippen LogP contribution in [0.5, 0.6) is 0 Å². The molecule has 0 atom stereocenters. The third-order valence-corrected chi connectivity index (χ3v) is 5.17. The lowest BCUT2D eigenvalue weighted by atomic mass is 10.1. The summed E-state index contributed by atoms with van der Waals surface area (Å²) in [4.78, 5) is 12.2. The summed E-state index contributed by atoms with van der Waals surface area (Å²) in [6.07, 6.45) is 1.16. The Hall–Kier alpha value is -2.05. The zero-order valence-corrected chi connectivity index (χ0v) is 16.0. The second-order valence-electron chi connectivity index (χ2n) is 5.93. The van der Waals surface area contributed by atoms with Crippen LogP contribution < -0.4 is 9.62 Å². The van der Waals surface area contributed by atoms with E-state index < -0.39 is 10.0 Å². The molecule has 0 aliphatic carbocycles. The largest absolute Gasteiger partial charge is 0.326 e. The summed E-state index contributed by atoms with van der Waals surface area (Å²) in [5, 5.41) is 3.36. The molecule has 25 heavy (non-hydrogen) atoms. The summed E-state index contributed by atoms with van der Waals surface area (Å²) in [7, 11) is -3.50. The Morgan fingerprint density at radius 2 is 1.76 bits per heavy atom. The maximum Gasteiger partial charge on any atom is 0.232 e. The molecule has 2 aromatic carbocycles. The Labute approximate surface area is 153 Å². The molecule has 0 saturated heterocycles. The fourth-order valence-corrected chi connectivity index (χ4v) is 3.43. The molecule has 1 amide bonds. The second-order valence-corrected chi connectivity index (χ2v) is 8.27. The lowest BCUT2D eigenvalue weighted by Gasteiger charge is -2.22. The van der Waals surface area contributed by atoms with Gasteiger partial charge in [-0.1, -0.05) is 23.7 Å². The quantitative estimate of drug-likeness (QED) is 0.829. The van der Waals surface area contributed by atoms with E-state index in [0.29, 0.717) is 10.7 Å². The molecular weight excluding hydrogens is 360 g/mol. The Balaban J connectivity index is 2.09. The van der Waals surface area contributed by atoms with E-state index in [-0.39, 0.29) is 18.9 Å². The highest BCUT2D eigenvalue weighted by molar-refractivity contribution is 7.92. The Kier molecular flexibility index (Phi) is 6.08. The van der Waals surface area contributed by atoms with Crippen molar-refractivity contribution in [1.29, 1.82) is 0 Å². The van der Waals surface area contributed by atoms with Crippen molar-refractivity contribution in [3.8, 4) is 0 Å². The first-order chi connectivity index (χ1) is 11.7. The SMILES string of the molecule is Cc1ccc(C)c(NC(=O)CCN(c2ccc(Cl)cc2)S(C)(=O)=O)c1. The molecule has 0 fully saturated rings. The van der Waals surface area contributed by atoms with E-state index in [1.54, 1.807) is 24.3 Å². The van der Waals surface area contributed by atoms with Crippen molar-refractivity contribution in [3.63, 3.8) is 0 Å². The van der Waals surface area contributed by atoms with E-state index in [9.17, 15) is 13.2 Å².